The normalized spacial score (nSPS) is 16.9. The van der Waals surface area contributed by atoms with E-state index in [1.54, 1.807) is 0 Å². The maximum Gasteiger partial charge on any atom is 0.242 e. The molecule has 1 aliphatic rings. The van der Waals surface area contributed by atoms with Crippen molar-refractivity contribution in [1.29, 1.82) is 0 Å². The molecule has 16 heavy (non-hydrogen) atoms. The Morgan fingerprint density at radius 2 is 2.25 bits per heavy atom. The van der Waals surface area contributed by atoms with Gasteiger partial charge >= 0.3 is 0 Å². The summed E-state index contributed by atoms with van der Waals surface area (Å²) in [6.45, 7) is 2.00. The number of hydrogen-bond acceptors (Lipinski definition) is 1. The summed E-state index contributed by atoms with van der Waals surface area (Å²) >= 11 is 9.56. The molecular weight excluding hydrogens is 289 g/mol. The fourth-order valence-corrected chi connectivity index (χ4v) is 2.02. The van der Waals surface area contributed by atoms with Crippen LogP contribution < -0.4 is 5.32 Å². The zero-order chi connectivity index (χ0) is 11.7. The molecule has 2 rings (SSSR count). The molecule has 0 heterocycles. The van der Waals surface area contributed by atoms with Gasteiger partial charge in [0.1, 0.15) is 5.38 Å². The van der Waals surface area contributed by atoms with Gasteiger partial charge in [-0.25, -0.2) is 0 Å². The fraction of sp³-hybridized carbons (Fsp3) is 0.417. The topological polar surface area (TPSA) is 29.1 Å². The number of aryl methyl sites for hydroxylation is 1. The predicted molar refractivity (Wildman–Crippen MR) is 68.6 cm³/mol. The second-order valence-electron chi connectivity index (χ2n) is 4.15. The first-order valence-electron chi connectivity index (χ1n) is 5.28. The zero-order valence-corrected chi connectivity index (χ0v) is 11.3. The lowest BCUT2D eigenvalue weighted by Gasteiger charge is -2.11. The van der Waals surface area contributed by atoms with E-state index in [-0.39, 0.29) is 5.91 Å². The zero-order valence-electron chi connectivity index (χ0n) is 8.97. The third-order valence-corrected chi connectivity index (χ3v) is 3.95. The molecule has 1 amide bonds. The van der Waals surface area contributed by atoms with Crippen molar-refractivity contribution in [2.75, 3.05) is 0 Å². The Bertz CT molecular complexity index is 417. The lowest BCUT2D eigenvalue weighted by Crippen LogP contribution is -2.28. The van der Waals surface area contributed by atoms with Crippen LogP contribution in [0.2, 0.25) is 0 Å². The van der Waals surface area contributed by atoms with Crippen LogP contribution in [0.4, 0.5) is 0 Å². The van der Waals surface area contributed by atoms with E-state index in [1.807, 2.05) is 25.1 Å². The van der Waals surface area contributed by atoms with Gasteiger partial charge in [0.2, 0.25) is 5.91 Å². The van der Waals surface area contributed by atoms with Crippen LogP contribution in [-0.2, 0) is 4.79 Å². The van der Waals surface area contributed by atoms with Gasteiger partial charge in [-0.1, -0.05) is 28.1 Å². The van der Waals surface area contributed by atoms with Crippen LogP contribution in [0.5, 0.6) is 0 Å². The van der Waals surface area contributed by atoms with Gasteiger partial charge in [0.15, 0.2) is 0 Å². The Morgan fingerprint density at radius 3 is 2.81 bits per heavy atom. The van der Waals surface area contributed by atoms with Gasteiger partial charge < -0.3 is 5.32 Å². The minimum Gasteiger partial charge on any atom is -0.352 e. The molecule has 1 fully saturated rings. The largest absolute Gasteiger partial charge is 0.352 e. The van der Waals surface area contributed by atoms with Crippen molar-refractivity contribution >= 4 is 33.4 Å². The molecule has 0 aromatic heterocycles. The van der Waals surface area contributed by atoms with Crippen LogP contribution in [-0.4, -0.2) is 11.9 Å². The van der Waals surface area contributed by atoms with Crippen molar-refractivity contribution in [2.24, 2.45) is 0 Å². The molecule has 0 spiro atoms. The van der Waals surface area contributed by atoms with E-state index >= 15 is 0 Å². The summed E-state index contributed by atoms with van der Waals surface area (Å²) in [5.74, 6) is -0.0973. The lowest BCUT2D eigenvalue weighted by atomic mass is 10.1. The van der Waals surface area contributed by atoms with Gasteiger partial charge in [-0.3, -0.25) is 4.79 Å². The molecule has 0 bridgehead atoms. The van der Waals surface area contributed by atoms with Crippen molar-refractivity contribution in [3.63, 3.8) is 0 Å². The van der Waals surface area contributed by atoms with Crippen LogP contribution in [0.1, 0.15) is 29.3 Å². The number of hydrogen-bond donors (Lipinski definition) is 1. The van der Waals surface area contributed by atoms with Crippen molar-refractivity contribution in [1.82, 2.24) is 5.32 Å². The lowest BCUT2D eigenvalue weighted by molar-refractivity contribution is -0.121. The Morgan fingerprint density at radius 1 is 1.56 bits per heavy atom. The van der Waals surface area contributed by atoms with Gasteiger partial charge in [0.25, 0.3) is 0 Å². The number of carbonyl (C=O) groups is 1. The Labute approximate surface area is 108 Å². The molecule has 0 radical (unpaired) electrons. The Hall–Kier alpha value is -0.540. The monoisotopic (exact) mass is 301 g/mol. The van der Waals surface area contributed by atoms with E-state index in [4.69, 9.17) is 11.6 Å². The summed E-state index contributed by atoms with van der Waals surface area (Å²) in [4.78, 5) is 11.7. The van der Waals surface area contributed by atoms with E-state index in [0.717, 1.165) is 28.4 Å². The molecule has 1 aromatic carbocycles. The summed E-state index contributed by atoms with van der Waals surface area (Å²) in [6.07, 6.45) is 2.15. The van der Waals surface area contributed by atoms with Crippen LogP contribution in [0.15, 0.2) is 22.7 Å². The molecule has 4 heteroatoms. The van der Waals surface area contributed by atoms with E-state index in [9.17, 15) is 4.79 Å². The molecule has 1 aliphatic carbocycles. The van der Waals surface area contributed by atoms with Gasteiger partial charge in [-0.2, -0.15) is 0 Å². The first-order chi connectivity index (χ1) is 7.58. The maximum absolute atomic E-state index is 11.7. The van der Waals surface area contributed by atoms with Gasteiger partial charge in [0.05, 0.1) is 0 Å². The molecule has 0 aliphatic heterocycles. The van der Waals surface area contributed by atoms with Gasteiger partial charge in [-0.05, 0) is 37.0 Å². The highest BCUT2D eigenvalue weighted by atomic mass is 79.9. The van der Waals surface area contributed by atoms with Crippen LogP contribution in [0, 0.1) is 6.92 Å². The highest BCUT2D eigenvalue weighted by molar-refractivity contribution is 9.10. The minimum absolute atomic E-state index is 0.0973. The Kier molecular flexibility index (Phi) is 3.55. The quantitative estimate of drug-likeness (QED) is 0.853. The van der Waals surface area contributed by atoms with Gasteiger partial charge in [0, 0.05) is 10.5 Å². The van der Waals surface area contributed by atoms with Crippen LogP contribution in [0.3, 0.4) is 0 Å². The number of alkyl halides is 1. The smallest absolute Gasteiger partial charge is 0.242 e. The molecule has 1 aromatic rings. The average Bonchev–Trinajstić information content (AvgIpc) is 3.05. The maximum atomic E-state index is 11.7. The number of carbonyl (C=O) groups excluding carboxylic acids is 1. The second kappa shape index (κ2) is 4.76. The Balaban J connectivity index is 2.09. The fourth-order valence-electron chi connectivity index (χ4n) is 1.42. The summed E-state index contributed by atoms with van der Waals surface area (Å²) in [6, 6.07) is 6.10. The van der Waals surface area contributed by atoms with Crippen molar-refractivity contribution in [3.05, 3.63) is 33.8 Å². The highest BCUT2D eigenvalue weighted by Gasteiger charge is 2.27. The summed E-state index contributed by atoms with van der Waals surface area (Å²) < 4.78 is 0.981. The number of benzene rings is 1. The standard InChI is InChI=1S/C12H13BrClNO/c1-7-2-3-8(6-10(7)13)11(14)12(16)15-9-4-5-9/h2-3,6,9,11H,4-5H2,1H3,(H,15,16). The molecule has 86 valence electrons. The third-order valence-electron chi connectivity index (χ3n) is 2.64. The summed E-state index contributed by atoms with van der Waals surface area (Å²) in [5, 5.41) is 2.30. The first kappa shape index (κ1) is 11.9. The number of halogens is 2. The van der Waals surface area contributed by atoms with Crippen molar-refractivity contribution in [2.45, 2.75) is 31.2 Å². The van der Waals surface area contributed by atoms with Crippen LogP contribution >= 0.6 is 27.5 Å². The molecule has 1 N–H and O–H groups in total. The highest BCUT2D eigenvalue weighted by Crippen LogP contribution is 2.27. The number of amides is 1. The van der Waals surface area contributed by atoms with E-state index in [0.29, 0.717) is 6.04 Å². The average molecular weight is 303 g/mol. The molecular formula is C12H13BrClNO. The summed E-state index contributed by atoms with van der Waals surface area (Å²) in [7, 11) is 0. The SMILES string of the molecule is Cc1ccc(C(Cl)C(=O)NC2CC2)cc1Br. The predicted octanol–water partition coefficient (Wildman–Crippen LogP) is 3.32. The molecule has 1 unspecified atom stereocenters. The number of rotatable bonds is 3. The third kappa shape index (κ3) is 2.77. The minimum atomic E-state index is -0.600. The second-order valence-corrected chi connectivity index (χ2v) is 5.44. The van der Waals surface area contributed by atoms with Gasteiger partial charge in [-0.15, -0.1) is 11.6 Å². The van der Waals surface area contributed by atoms with Crippen LogP contribution in [0.25, 0.3) is 0 Å². The molecule has 2 nitrogen and oxygen atoms in total. The first-order valence-corrected chi connectivity index (χ1v) is 6.51. The van der Waals surface area contributed by atoms with Crippen molar-refractivity contribution < 1.29 is 4.79 Å². The molecule has 1 atom stereocenters. The van der Waals surface area contributed by atoms with E-state index in [1.165, 1.54) is 0 Å². The summed E-state index contributed by atoms with van der Waals surface area (Å²) in [5.41, 5.74) is 1.97. The molecule has 0 saturated heterocycles. The van der Waals surface area contributed by atoms with Crippen molar-refractivity contribution in [3.8, 4) is 0 Å². The van der Waals surface area contributed by atoms with E-state index < -0.39 is 5.38 Å². The molecule has 1 saturated carbocycles. The number of nitrogens with one attached hydrogen (secondary N) is 1. The van der Waals surface area contributed by atoms with E-state index in [2.05, 4.69) is 21.2 Å².